The Hall–Kier alpha value is -1.00. The van der Waals surface area contributed by atoms with Crippen molar-refractivity contribution < 1.29 is 14.3 Å². The molecule has 3 nitrogen and oxygen atoms in total. The number of ketones is 2. The number of rotatable bonds is 4. The van der Waals surface area contributed by atoms with E-state index in [1.165, 1.54) is 0 Å². The molecule has 1 aliphatic rings. The first-order valence-electron chi connectivity index (χ1n) is 5.36. The molecule has 2 rings (SSSR count). The lowest BCUT2D eigenvalue weighted by molar-refractivity contribution is -0.122. The number of fused-ring (bicyclic) bond motifs is 1. The molecule has 0 fully saturated rings. The molecule has 4 heteroatoms. The number of ether oxygens (including phenoxy) is 1. The van der Waals surface area contributed by atoms with Crippen LogP contribution in [0.15, 0.2) is 11.4 Å². The van der Waals surface area contributed by atoms with E-state index < -0.39 is 5.92 Å². The maximum atomic E-state index is 12.0. The minimum Gasteiger partial charge on any atom is -0.384 e. The number of carbonyl (C=O) groups is 2. The zero-order valence-corrected chi connectivity index (χ0v) is 10.0. The molecular formula is C12H14O3S. The summed E-state index contributed by atoms with van der Waals surface area (Å²) >= 11 is 1.60. The molecule has 1 aromatic heterocycles. The molecular weight excluding hydrogens is 224 g/mol. The molecule has 1 aliphatic carbocycles. The van der Waals surface area contributed by atoms with E-state index in [1.54, 1.807) is 18.4 Å². The summed E-state index contributed by atoms with van der Waals surface area (Å²) in [6.45, 7) is 0.402. The van der Waals surface area contributed by atoms with Gasteiger partial charge in [-0.15, -0.1) is 11.3 Å². The Balaban J connectivity index is 2.09. The van der Waals surface area contributed by atoms with E-state index in [2.05, 4.69) is 0 Å². The van der Waals surface area contributed by atoms with Crippen LogP contribution in [-0.4, -0.2) is 25.3 Å². The van der Waals surface area contributed by atoms with Crippen molar-refractivity contribution in [1.82, 2.24) is 0 Å². The second kappa shape index (κ2) is 4.89. The lowest BCUT2D eigenvalue weighted by Crippen LogP contribution is -2.29. The van der Waals surface area contributed by atoms with Crippen molar-refractivity contribution >= 4 is 22.9 Å². The summed E-state index contributed by atoms with van der Waals surface area (Å²) in [5, 5.41) is 1.92. The second-order valence-corrected chi connectivity index (χ2v) is 4.92. The van der Waals surface area contributed by atoms with Crippen LogP contribution in [0, 0.1) is 5.92 Å². The van der Waals surface area contributed by atoms with Crippen LogP contribution in [0.1, 0.15) is 28.1 Å². The van der Waals surface area contributed by atoms with E-state index >= 15 is 0 Å². The molecule has 0 aliphatic heterocycles. The SMILES string of the molecule is COCCC(=O)C1CCc2sccc2C1=O. The average Bonchev–Trinajstić information content (AvgIpc) is 2.75. The molecule has 0 amide bonds. The van der Waals surface area contributed by atoms with Gasteiger partial charge in [0.25, 0.3) is 0 Å². The highest BCUT2D eigenvalue weighted by atomic mass is 32.1. The number of hydrogen-bond donors (Lipinski definition) is 0. The number of methoxy groups -OCH3 is 1. The first-order valence-corrected chi connectivity index (χ1v) is 6.24. The summed E-state index contributed by atoms with van der Waals surface area (Å²) in [5.74, 6) is -0.412. The predicted molar refractivity (Wildman–Crippen MR) is 62.0 cm³/mol. The molecule has 1 heterocycles. The molecule has 0 aromatic carbocycles. The Morgan fingerprint density at radius 1 is 1.62 bits per heavy atom. The maximum Gasteiger partial charge on any atom is 0.174 e. The van der Waals surface area contributed by atoms with Gasteiger partial charge in [-0.25, -0.2) is 0 Å². The Morgan fingerprint density at radius 3 is 3.19 bits per heavy atom. The van der Waals surface area contributed by atoms with E-state index in [0.29, 0.717) is 19.4 Å². The van der Waals surface area contributed by atoms with Crippen LogP contribution in [-0.2, 0) is 16.0 Å². The number of aryl methyl sites for hydroxylation is 1. The summed E-state index contributed by atoms with van der Waals surface area (Å²) in [7, 11) is 1.56. The Bertz CT molecular complexity index is 408. The summed E-state index contributed by atoms with van der Waals surface area (Å²) in [6, 6.07) is 1.83. The monoisotopic (exact) mass is 238 g/mol. The Kier molecular flexibility index (Phi) is 3.51. The molecule has 0 saturated carbocycles. The largest absolute Gasteiger partial charge is 0.384 e. The smallest absolute Gasteiger partial charge is 0.174 e. The number of thiophene rings is 1. The van der Waals surface area contributed by atoms with Crippen LogP contribution in [0.2, 0.25) is 0 Å². The van der Waals surface area contributed by atoms with Gasteiger partial charge in [0.1, 0.15) is 5.78 Å². The van der Waals surface area contributed by atoms with Crippen LogP contribution in [0.25, 0.3) is 0 Å². The van der Waals surface area contributed by atoms with Gasteiger partial charge >= 0.3 is 0 Å². The van der Waals surface area contributed by atoms with Crippen LogP contribution >= 0.6 is 11.3 Å². The maximum absolute atomic E-state index is 12.0. The Morgan fingerprint density at radius 2 is 2.44 bits per heavy atom. The fourth-order valence-electron chi connectivity index (χ4n) is 2.03. The average molecular weight is 238 g/mol. The van der Waals surface area contributed by atoms with Crippen molar-refractivity contribution in [2.45, 2.75) is 19.3 Å². The highest BCUT2D eigenvalue weighted by Gasteiger charge is 2.32. The van der Waals surface area contributed by atoms with Crippen molar-refractivity contribution in [2.24, 2.45) is 5.92 Å². The third-order valence-electron chi connectivity index (χ3n) is 2.93. The molecule has 0 N–H and O–H groups in total. The van der Waals surface area contributed by atoms with Crippen molar-refractivity contribution in [3.05, 3.63) is 21.9 Å². The minimum atomic E-state index is -0.433. The van der Waals surface area contributed by atoms with Gasteiger partial charge in [-0.1, -0.05) is 0 Å². The number of Topliss-reactive ketones (excluding diaryl/α,β-unsaturated/α-hetero) is 2. The third-order valence-corrected chi connectivity index (χ3v) is 3.91. The molecule has 1 unspecified atom stereocenters. The van der Waals surface area contributed by atoms with Crippen molar-refractivity contribution in [3.8, 4) is 0 Å². The van der Waals surface area contributed by atoms with Gasteiger partial charge < -0.3 is 4.74 Å². The standard InChI is InChI=1S/C12H14O3S/c1-15-6-4-10(13)8-2-3-11-9(12(8)14)5-7-16-11/h5,7-8H,2-4,6H2,1H3. The van der Waals surface area contributed by atoms with Gasteiger partial charge in [-0.2, -0.15) is 0 Å². The van der Waals surface area contributed by atoms with Gasteiger partial charge in [-0.05, 0) is 24.3 Å². The van der Waals surface area contributed by atoms with E-state index in [-0.39, 0.29) is 11.6 Å². The fraction of sp³-hybridized carbons (Fsp3) is 0.500. The first kappa shape index (κ1) is 11.5. The van der Waals surface area contributed by atoms with Crippen molar-refractivity contribution in [1.29, 1.82) is 0 Å². The lowest BCUT2D eigenvalue weighted by atomic mass is 9.83. The summed E-state index contributed by atoms with van der Waals surface area (Å²) in [5.41, 5.74) is 0.756. The van der Waals surface area contributed by atoms with Gasteiger partial charge in [0.15, 0.2) is 5.78 Å². The second-order valence-electron chi connectivity index (χ2n) is 3.92. The molecule has 0 spiro atoms. The molecule has 16 heavy (non-hydrogen) atoms. The molecule has 0 saturated heterocycles. The highest BCUT2D eigenvalue weighted by molar-refractivity contribution is 7.10. The minimum absolute atomic E-state index is 0.00334. The van der Waals surface area contributed by atoms with E-state index in [4.69, 9.17) is 4.74 Å². The quantitative estimate of drug-likeness (QED) is 0.754. The van der Waals surface area contributed by atoms with E-state index in [1.807, 2.05) is 11.4 Å². The van der Waals surface area contributed by atoms with Crippen LogP contribution < -0.4 is 0 Å². The third kappa shape index (κ3) is 2.08. The van der Waals surface area contributed by atoms with Gasteiger partial charge in [0, 0.05) is 24.0 Å². The summed E-state index contributed by atoms with van der Waals surface area (Å²) in [4.78, 5) is 25.0. The van der Waals surface area contributed by atoms with Crippen LogP contribution in [0.3, 0.4) is 0 Å². The van der Waals surface area contributed by atoms with Gasteiger partial charge in [0.2, 0.25) is 0 Å². The Labute approximate surface area is 98.4 Å². The van der Waals surface area contributed by atoms with E-state index in [9.17, 15) is 9.59 Å². The van der Waals surface area contributed by atoms with Crippen molar-refractivity contribution in [2.75, 3.05) is 13.7 Å². The first-order chi connectivity index (χ1) is 7.74. The van der Waals surface area contributed by atoms with Gasteiger partial charge in [-0.3, -0.25) is 9.59 Å². The highest BCUT2D eigenvalue weighted by Crippen LogP contribution is 2.30. The molecule has 86 valence electrons. The zero-order chi connectivity index (χ0) is 11.5. The van der Waals surface area contributed by atoms with Crippen molar-refractivity contribution in [3.63, 3.8) is 0 Å². The lowest BCUT2D eigenvalue weighted by Gasteiger charge is -2.19. The zero-order valence-electron chi connectivity index (χ0n) is 9.19. The number of carbonyl (C=O) groups excluding carboxylic acids is 2. The van der Waals surface area contributed by atoms with Crippen LogP contribution in [0.4, 0.5) is 0 Å². The molecule has 1 aromatic rings. The predicted octanol–water partition coefficient (Wildman–Crippen LogP) is 2.10. The molecule has 0 bridgehead atoms. The topological polar surface area (TPSA) is 43.4 Å². The van der Waals surface area contributed by atoms with Gasteiger partial charge in [0.05, 0.1) is 12.5 Å². The molecule has 1 atom stereocenters. The summed E-state index contributed by atoms with van der Waals surface area (Å²) in [6.07, 6.45) is 1.85. The molecule has 0 radical (unpaired) electrons. The van der Waals surface area contributed by atoms with Crippen LogP contribution in [0.5, 0.6) is 0 Å². The summed E-state index contributed by atoms with van der Waals surface area (Å²) < 4.78 is 4.86. The normalized spacial score (nSPS) is 19.6. The van der Waals surface area contributed by atoms with E-state index in [0.717, 1.165) is 16.9 Å². The number of hydrogen-bond acceptors (Lipinski definition) is 4. The fourth-order valence-corrected chi connectivity index (χ4v) is 2.93.